The van der Waals surface area contributed by atoms with Crippen LogP contribution in [0.1, 0.15) is 17.2 Å². The number of rotatable bonds is 2. The van der Waals surface area contributed by atoms with Gasteiger partial charge in [-0.05, 0) is 42.8 Å². The first-order chi connectivity index (χ1) is 11.7. The Morgan fingerprint density at radius 1 is 1.00 bits per heavy atom. The predicted octanol–water partition coefficient (Wildman–Crippen LogP) is 3.69. The normalized spacial score (nSPS) is 21.7. The highest BCUT2D eigenvalue weighted by Crippen LogP contribution is 2.44. The van der Waals surface area contributed by atoms with Gasteiger partial charge in [0.25, 0.3) is 0 Å². The maximum absolute atomic E-state index is 5.47. The summed E-state index contributed by atoms with van der Waals surface area (Å²) in [5, 5.41) is 0. The maximum atomic E-state index is 5.47. The molecule has 1 saturated heterocycles. The average Bonchev–Trinajstić information content (AvgIpc) is 2.78. The number of ether oxygens (including phenoxy) is 1. The number of hydrogen-bond acceptors (Lipinski definition) is 4. The Morgan fingerprint density at radius 2 is 1.79 bits per heavy atom. The zero-order valence-corrected chi connectivity index (χ0v) is 15.2. The van der Waals surface area contributed by atoms with Crippen molar-refractivity contribution in [1.82, 2.24) is 9.80 Å². The van der Waals surface area contributed by atoms with Crippen LogP contribution >= 0.6 is 11.8 Å². The third-order valence-electron chi connectivity index (χ3n) is 5.16. The van der Waals surface area contributed by atoms with Crippen molar-refractivity contribution in [2.75, 3.05) is 40.3 Å². The standard InChI is InChI=1S/C20H24N2OS/c1-21-9-11-22(12-10-21)18-13-15-5-3-4-6-19(15)24-20-14-16(23-2)7-8-17(18)20/h3-8,14,18H,9-13H2,1-2H3/t18-/m0/s1. The first-order valence-electron chi connectivity index (χ1n) is 8.61. The minimum atomic E-state index is 0.454. The van der Waals surface area contributed by atoms with Crippen LogP contribution in [0, 0.1) is 0 Å². The van der Waals surface area contributed by atoms with Crippen LogP contribution in [-0.2, 0) is 6.42 Å². The first-order valence-corrected chi connectivity index (χ1v) is 9.42. The van der Waals surface area contributed by atoms with Crippen LogP contribution in [0.15, 0.2) is 52.3 Å². The molecule has 0 aliphatic carbocycles. The van der Waals surface area contributed by atoms with Crippen molar-refractivity contribution in [2.24, 2.45) is 0 Å². The second-order valence-corrected chi connectivity index (χ2v) is 7.76. The Morgan fingerprint density at radius 3 is 2.58 bits per heavy atom. The van der Waals surface area contributed by atoms with Gasteiger partial charge < -0.3 is 9.64 Å². The molecular formula is C20H24N2OS. The average molecular weight is 340 g/mol. The molecule has 2 aromatic rings. The number of methoxy groups -OCH3 is 1. The lowest BCUT2D eigenvalue weighted by Gasteiger charge is -2.38. The van der Waals surface area contributed by atoms with Gasteiger partial charge in [0.15, 0.2) is 0 Å². The third-order valence-corrected chi connectivity index (χ3v) is 6.36. The summed E-state index contributed by atoms with van der Waals surface area (Å²) in [6, 6.07) is 15.9. The van der Waals surface area contributed by atoms with Crippen LogP contribution in [-0.4, -0.2) is 50.1 Å². The van der Waals surface area contributed by atoms with E-state index in [1.165, 1.54) is 20.9 Å². The molecular weight excluding hydrogens is 316 g/mol. The molecule has 2 aromatic carbocycles. The summed E-state index contributed by atoms with van der Waals surface area (Å²) >= 11 is 1.88. The van der Waals surface area contributed by atoms with Crippen molar-refractivity contribution in [3.63, 3.8) is 0 Å². The molecule has 3 nitrogen and oxygen atoms in total. The highest BCUT2D eigenvalue weighted by Gasteiger charge is 2.29. The van der Waals surface area contributed by atoms with Crippen molar-refractivity contribution in [1.29, 1.82) is 0 Å². The molecule has 0 radical (unpaired) electrons. The Bertz CT molecular complexity index is 725. The van der Waals surface area contributed by atoms with Crippen molar-refractivity contribution >= 4 is 11.8 Å². The van der Waals surface area contributed by atoms with Crippen molar-refractivity contribution < 1.29 is 4.74 Å². The Labute approximate surface area is 148 Å². The van der Waals surface area contributed by atoms with Gasteiger partial charge in [0.2, 0.25) is 0 Å². The molecule has 0 aromatic heterocycles. The van der Waals surface area contributed by atoms with E-state index in [9.17, 15) is 0 Å². The monoisotopic (exact) mass is 340 g/mol. The largest absolute Gasteiger partial charge is 0.497 e. The predicted molar refractivity (Wildman–Crippen MR) is 99.1 cm³/mol. The minimum absolute atomic E-state index is 0.454. The SMILES string of the molecule is COc1ccc2c(c1)Sc1ccccc1C[C@@H]2N1CCN(C)CC1. The molecule has 0 spiro atoms. The summed E-state index contributed by atoms with van der Waals surface area (Å²) in [6.45, 7) is 4.58. The van der Waals surface area contributed by atoms with Crippen LogP contribution in [0.4, 0.5) is 0 Å². The van der Waals surface area contributed by atoms with E-state index < -0.39 is 0 Å². The topological polar surface area (TPSA) is 15.7 Å². The first kappa shape index (κ1) is 16.0. The summed E-state index contributed by atoms with van der Waals surface area (Å²) in [5.41, 5.74) is 2.91. The number of benzene rings is 2. The molecule has 2 aliphatic rings. The van der Waals surface area contributed by atoms with Gasteiger partial charge in [-0.2, -0.15) is 0 Å². The highest BCUT2D eigenvalue weighted by atomic mass is 32.2. The van der Waals surface area contributed by atoms with Crippen LogP contribution in [0.25, 0.3) is 0 Å². The molecule has 4 rings (SSSR count). The second kappa shape index (κ2) is 6.79. The molecule has 1 atom stereocenters. The zero-order valence-electron chi connectivity index (χ0n) is 14.4. The van der Waals surface area contributed by atoms with E-state index in [4.69, 9.17) is 4.74 Å². The molecule has 0 bridgehead atoms. The Balaban J connectivity index is 1.75. The van der Waals surface area contributed by atoms with Gasteiger partial charge in [0.1, 0.15) is 5.75 Å². The molecule has 0 amide bonds. The summed E-state index contributed by atoms with van der Waals surface area (Å²) in [6.07, 6.45) is 1.09. The molecule has 1 fully saturated rings. The smallest absolute Gasteiger partial charge is 0.120 e. The van der Waals surface area contributed by atoms with E-state index in [2.05, 4.69) is 59.3 Å². The van der Waals surface area contributed by atoms with Crippen LogP contribution < -0.4 is 4.74 Å². The fourth-order valence-electron chi connectivity index (χ4n) is 3.67. The third kappa shape index (κ3) is 3.06. The fourth-order valence-corrected chi connectivity index (χ4v) is 4.84. The number of likely N-dealkylation sites (N-methyl/N-ethyl adjacent to an activating group) is 1. The van der Waals surface area contributed by atoms with Crippen molar-refractivity contribution in [3.05, 3.63) is 53.6 Å². The molecule has 2 aliphatic heterocycles. The molecule has 24 heavy (non-hydrogen) atoms. The van der Waals surface area contributed by atoms with Crippen LogP contribution in [0.2, 0.25) is 0 Å². The van der Waals surface area contributed by atoms with E-state index in [-0.39, 0.29) is 0 Å². The Hall–Kier alpha value is -1.49. The fraction of sp³-hybridized carbons (Fsp3) is 0.400. The number of piperazine rings is 1. The van der Waals surface area contributed by atoms with E-state index in [0.29, 0.717) is 6.04 Å². The quantitative estimate of drug-likeness (QED) is 0.828. The molecule has 126 valence electrons. The van der Waals surface area contributed by atoms with Crippen molar-refractivity contribution in [2.45, 2.75) is 22.3 Å². The molecule has 0 saturated carbocycles. The number of hydrogen-bond donors (Lipinski definition) is 0. The van der Waals surface area contributed by atoms with Crippen molar-refractivity contribution in [3.8, 4) is 5.75 Å². The molecule has 2 heterocycles. The van der Waals surface area contributed by atoms with Crippen LogP contribution in [0.3, 0.4) is 0 Å². The Kier molecular flexibility index (Phi) is 4.53. The van der Waals surface area contributed by atoms with Gasteiger partial charge in [0, 0.05) is 42.0 Å². The zero-order chi connectivity index (χ0) is 16.5. The maximum Gasteiger partial charge on any atom is 0.120 e. The van der Waals surface area contributed by atoms with E-state index in [1.807, 2.05) is 11.8 Å². The van der Waals surface area contributed by atoms with Gasteiger partial charge in [-0.1, -0.05) is 36.0 Å². The summed E-state index contributed by atoms with van der Waals surface area (Å²) < 4.78 is 5.47. The molecule has 0 N–H and O–H groups in total. The van der Waals surface area contributed by atoms with Crippen LogP contribution in [0.5, 0.6) is 5.75 Å². The number of nitrogens with zero attached hydrogens (tertiary/aromatic N) is 2. The summed E-state index contributed by atoms with van der Waals surface area (Å²) in [7, 11) is 3.96. The summed E-state index contributed by atoms with van der Waals surface area (Å²) in [5.74, 6) is 0.942. The highest BCUT2D eigenvalue weighted by molar-refractivity contribution is 7.99. The van der Waals surface area contributed by atoms with E-state index >= 15 is 0 Å². The van der Waals surface area contributed by atoms with Gasteiger partial charge in [-0.3, -0.25) is 4.90 Å². The lowest BCUT2D eigenvalue weighted by atomic mass is 9.96. The lowest BCUT2D eigenvalue weighted by Crippen LogP contribution is -2.46. The van der Waals surface area contributed by atoms with Gasteiger partial charge >= 0.3 is 0 Å². The van der Waals surface area contributed by atoms with E-state index in [1.54, 1.807) is 7.11 Å². The van der Waals surface area contributed by atoms with E-state index in [0.717, 1.165) is 38.3 Å². The van der Waals surface area contributed by atoms with Gasteiger partial charge in [-0.15, -0.1) is 0 Å². The lowest BCUT2D eigenvalue weighted by molar-refractivity contribution is 0.110. The second-order valence-electron chi connectivity index (χ2n) is 6.67. The van der Waals surface area contributed by atoms with Gasteiger partial charge in [-0.25, -0.2) is 0 Å². The molecule has 4 heteroatoms. The van der Waals surface area contributed by atoms with Gasteiger partial charge in [0.05, 0.1) is 7.11 Å². The molecule has 0 unspecified atom stereocenters. The minimum Gasteiger partial charge on any atom is -0.497 e. The summed E-state index contributed by atoms with van der Waals surface area (Å²) in [4.78, 5) is 7.80. The number of fused-ring (bicyclic) bond motifs is 2.